The summed E-state index contributed by atoms with van der Waals surface area (Å²) in [4.78, 5) is 16.0. The van der Waals surface area contributed by atoms with E-state index >= 15 is 0 Å². The second-order valence-electron chi connectivity index (χ2n) is 8.83. The molecule has 0 saturated heterocycles. The highest BCUT2D eigenvalue weighted by molar-refractivity contribution is 6.11. The highest BCUT2D eigenvalue weighted by atomic mass is 19.1. The first kappa shape index (κ1) is 22.7. The molecule has 0 saturated carbocycles. The van der Waals surface area contributed by atoms with E-state index in [0.29, 0.717) is 11.3 Å². The minimum absolute atomic E-state index is 0.108. The van der Waals surface area contributed by atoms with E-state index in [1.54, 1.807) is 24.3 Å². The number of anilines is 1. The number of amides is 1. The van der Waals surface area contributed by atoms with Gasteiger partial charge in [0.1, 0.15) is 12.4 Å². The van der Waals surface area contributed by atoms with Crippen molar-refractivity contribution in [3.05, 3.63) is 101 Å². The second-order valence-corrected chi connectivity index (χ2v) is 8.83. The largest absolute Gasteiger partial charge is 0.508 e. The van der Waals surface area contributed by atoms with Gasteiger partial charge < -0.3 is 10.4 Å². The average Bonchev–Trinajstić information content (AvgIpc) is 3.14. The van der Waals surface area contributed by atoms with Crippen molar-refractivity contribution < 1.29 is 14.3 Å². The molecule has 1 aliphatic heterocycles. The van der Waals surface area contributed by atoms with Crippen molar-refractivity contribution in [3.8, 4) is 5.75 Å². The van der Waals surface area contributed by atoms with Gasteiger partial charge in [-0.2, -0.15) is 0 Å². The van der Waals surface area contributed by atoms with Gasteiger partial charge in [-0.3, -0.25) is 9.69 Å². The number of carbonyl (C=O) groups excluding carboxylic acids is 1. The normalized spacial score (nSPS) is 18.7. The smallest absolute Gasteiger partial charge is 0.253 e. The van der Waals surface area contributed by atoms with Gasteiger partial charge >= 0.3 is 0 Å². The number of aromatic hydroxyl groups is 1. The Hall–Kier alpha value is -3.44. The molecule has 4 rings (SSSR count). The molecular formula is C28H29FN2O2. The molecule has 33 heavy (non-hydrogen) atoms. The van der Waals surface area contributed by atoms with Gasteiger partial charge in [-0.1, -0.05) is 68.4 Å². The van der Waals surface area contributed by atoms with Crippen molar-refractivity contribution in [2.24, 2.45) is 5.92 Å². The lowest BCUT2D eigenvalue weighted by Gasteiger charge is -2.31. The van der Waals surface area contributed by atoms with Crippen molar-refractivity contribution in [2.45, 2.75) is 32.6 Å². The molecule has 1 heterocycles. The third-order valence-corrected chi connectivity index (χ3v) is 6.24. The number of carbonyl (C=O) groups is 1. The van der Waals surface area contributed by atoms with Crippen molar-refractivity contribution in [2.75, 3.05) is 12.4 Å². The SMILES string of the molecule is CC(C)C1C(C(=O)Nc2ccc(O)cc2)=C(c2ccccc2)C(c2ccc(CF)cc2)N1C. The van der Waals surface area contributed by atoms with E-state index in [0.717, 1.165) is 22.3 Å². The Balaban J connectivity index is 1.86. The van der Waals surface area contributed by atoms with Gasteiger partial charge in [0.2, 0.25) is 0 Å². The fourth-order valence-corrected chi connectivity index (χ4v) is 4.80. The van der Waals surface area contributed by atoms with E-state index in [-0.39, 0.29) is 29.7 Å². The van der Waals surface area contributed by atoms with E-state index in [9.17, 15) is 14.3 Å². The van der Waals surface area contributed by atoms with E-state index in [1.807, 2.05) is 61.6 Å². The Bertz CT molecular complexity index is 1140. The zero-order valence-electron chi connectivity index (χ0n) is 19.1. The molecule has 2 N–H and O–H groups in total. The summed E-state index contributed by atoms with van der Waals surface area (Å²) >= 11 is 0. The van der Waals surface area contributed by atoms with E-state index in [2.05, 4.69) is 24.1 Å². The maximum Gasteiger partial charge on any atom is 0.253 e. The summed E-state index contributed by atoms with van der Waals surface area (Å²) in [5.41, 5.74) is 4.95. The Kier molecular flexibility index (Phi) is 6.61. The van der Waals surface area contributed by atoms with Gasteiger partial charge in [-0.25, -0.2) is 4.39 Å². The molecule has 0 aliphatic carbocycles. The molecule has 170 valence electrons. The molecule has 4 nitrogen and oxygen atoms in total. The highest BCUT2D eigenvalue weighted by Gasteiger charge is 2.43. The van der Waals surface area contributed by atoms with Crippen LogP contribution in [-0.2, 0) is 11.5 Å². The van der Waals surface area contributed by atoms with Crippen LogP contribution >= 0.6 is 0 Å². The molecule has 1 amide bonds. The lowest BCUT2D eigenvalue weighted by molar-refractivity contribution is -0.113. The standard InChI is InChI=1S/C28H29FN2O2/c1-18(2)26-25(28(33)30-22-13-15-23(32)16-14-22)24(20-7-5-4-6-8-20)27(31(26)3)21-11-9-19(17-29)10-12-21/h4-16,18,26-27,32H,17H2,1-3H3,(H,30,33). The number of rotatable bonds is 6. The van der Waals surface area contributed by atoms with Crippen LogP contribution in [0.15, 0.2) is 84.4 Å². The monoisotopic (exact) mass is 444 g/mol. The van der Waals surface area contributed by atoms with Crippen LogP contribution in [0, 0.1) is 5.92 Å². The zero-order valence-corrected chi connectivity index (χ0v) is 19.1. The van der Waals surface area contributed by atoms with Crippen LogP contribution < -0.4 is 5.32 Å². The molecule has 3 aromatic carbocycles. The molecule has 2 atom stereocenters. The van der Waals surface area contributed by atoms with Crippen molar-refractivity contribution in [1.29, 1.82) is 0 Å². The third kappa shape index (κ3) is 4.55. The maximum absolute atomic E-state index is 13.7. The number of hydrogen-bond donors (Lipinski definition) is 2. The maximum atomic E-state index is 13.7. The molecule has 0 spiro atoms. The summed E-state index contributed by atoms with van der Waals surface area (Å²) in [5, 5.41) is 12.6. The third-order valence-electron chi connectivity index (χ3n) is 6.24. The lowest BCUT2D eigenvalue weighted by Crippen LogP contribution is -2.37. The van der Waals surface area contributed by atoms with E-state index in [4.69, 9.17) is 0 Å². The number of nitrogens with zero attached hydrogens (tertiary/aromatic N) is 1. The fraction of sp³-hybridized carbons (Fsp3) is 0.250. The van der Waals surface area contributed by atoms with Crippen molar-refractivity contribution in [1.82, 2.24) is 4.90 Å². The van der Waals surface area contributed by atoms with Crippen LogP contribution in [0.3, 0.4) is 0 Å². The van der Waals surface area contributed by atoms with Gasteiger partial charge in [0, 0.05) is 17.3 Å². The summed E-state index contributed by atoms with van der Waals surface area (Å²) < 4.78 is 13.1. The van der Waals surface area contributed by atoms with Crippen LogP contribution in [0.2, 0.25) is 0 Å². The zero-order chi connectivity index (χ0) is 23.5. The van der Waals surface area contributed by atoms with Crippen LogP contribution in [0.5, 0.6) is 5.75 Å². The topological polar surface area (TPSA) is 52.6 Å². The minimum atomic E-state index is -0.503. The lowest BCUT2D eigenvalue weighted by atomic mass is 9.88. The minimum Gasteiger partial charge on any atom is -0.508 e. The Morgan fingerprint density at radius 2 is 1.64 bits per heavy atom. The number of nitrogens with one attached hydrogen (secondary N) is 1. The molecule has 0 radical (unpaired) electrons. The first-order valence-electron chi connectivity index (χ1n) is 11.2. The second kappa shape index (κ2) is 9.59. The highest BCUT2D eigenvalue weighted by Crippen LogP contribution is 2.47. The summed E-state index contributed by atoms with van der Waals surface area (Å²) in [7, 11) is 2.04. The summed E-state index contributed by atoms with van der Waals surface area (Å²) in [6, 6.07) is 23.7. The summed E-state index contributed by atoms with van der Waals surface area (Å²) in [5.74, 6) is 0.173. The molecule has 0 fully saturated rings. The quantitative estimate of drug-likeness (QED) is 0.461. The number of hydrogen-bond acceptors (Lipinski definition) is 3. The van der Waals surface area contributed by atoms with Crippen molar-refractivity contribution in [3.63, 3.8) is 0 Å². The van der Waals surface area contributed by atoms with Crippen molar-refractivity contribution >= 4 is 17.2 Å². The predicted molar refractivity (Wildman–Crippen MR) is 130 cm³/mol. The van der Waals surface area contributed by atoms with Crippen LogP contribution in [0.4, 0.5) is 10.1 Å². The molecule has 3 aromatic rings. The summed E-state index contributed by atoms with van der Waals surface area (Å²) in [6.45, 7) is 3.73. The van der Waals surface area contributed by atoms with E-state index in [1.165, 1.54) is 0 Å². The number of halogens is 1. The first-order valence-corrected chi connectivity index (χ1v) is 11.2. The Morgan fingerprint density at radius 3 is 2.21 bits per heavy atom. The number of phenolic OH excluding ortho intramolecular Hbond substituents is 1. The number of phenols is 1. The van der Waals surface area contributed by atoms with Gasteiger partial charge in [0.15, 0.2) is 0 Å². The van der Waals surface area contributed by atoms with Gasteiger partial charge in [0.25, 0.3) is 5.91 Å². The first-order chi connectivity index (χ1) is 15.9. The number of benzene rings is 3. The van der Waals surface area contributed by atoms with Gasteiger partial charge in [0.05, 0.1) is 6.04 Å². The van der Waals surface area contributed by atoms with Gasteiger partial charge in [-0.15, -0.1) is 0 Å². The molecular weight excluding hydrogens is 415 g/mol. The molecule has 1 aliphatic rings. The van der Waals surface area contributed by atoms with Crippen LogP contribution in [0.25, 0.3) is 5.57 Å². The average molecular weight is 445 g/mol. The molecule has 5 heteroatoms. The van der Waals surface area contributed by atoms with Gasteiger partial charge in [-0.05, 0) is 59.5 Å². The Morgan fingerprint density at radius 1 is 1.00 bits per heavy atom. The molecule has 2 unspecified atom stereocenters. The van der Waals surface area contributed by atoms with E-state index < -0.39 is 6.67 Å². The van der Waals surface area contributed by atoms with Crippen LogP contribution in [-0.4, -0.2) is 29.0 Å². The number of alkyl halides is 1. The fourth-order valence-electron chi connectivity index (χ4n) is 4.80. The molecule has 0 bridgehead atoms. The summed E-state index contributed by atoms with van der Waals surface area (Å²) in [6.07, 6.45) is 0. The molecule has 0 aromatic heterocycles. The van der Waals surface area contributed by atoms with Crippen LogP contribution in [0.1, 0.15) is 36.6 Å². The number of likely N-dealkylation sites (N-methyl/N-ethyl adjacent to an activating group) is 1. The predicted octanol–water partition coefficient (Wildman–Crippen LogP) is 5.97. The Labute approximate surface area is 194 Å².